The largest absolute Gasteiger partial charge is 0.308 e. The number of aromatic nitrogens is 1. The molecule has 1 aromatic rings. The fraction of sp³-hybridized carbons (Fsp3) is 0.545. The van der Waals surface area contributed by atoms with E-state index >= 15 is 0 Å². The minimum Gasteiger partial charge on any atom is -0.308 e. The van der Waals surface area contributed by atoms with Crippen LogP contribution in [0.15, 0.2) is 11.6 Å². The summed E-state index contributed by atoms with van der Waals surface area (Å²) in [4.78, 5) is 4.30. The van der Waals surface area contributed by atoms with Crippen LogP contribution in [-0.4, -0.2) is 11.5 Å². The Morgan fingerprint density at radius 2 is 2.57 bits per heavy atom. The van der Waals surface area contributed by atoms with Crippen LogP contribution in [0.2, 0.25) is 0 Å². The predicted octanol–water partition coefficient (Wildman–Crippen LogP) is 2.60. The molecular weight excluding hydrogens is 192 g/mol. The minimum atomic E-state index is 0.396. The zero-order chi connectivity index (χ0) is 10.2. The van der Waals surface area contributed by atoms with Gasteiger partial charge in [-0.3, -0.25) is 0 Å². The van der Waals surface area contributed by atoms with Crippen molar-refractivity contribution >= 4 is 11.3 Å². The molecule has 76 valence electrons. The van der Waals surface area contributed by atoms with Crippen LogP contribution in [-0.2, 0) is 0 Å². The van der Waals surface area contributed by atoms with Crippen LogP contribution in [0.3, 0.4) is 0 Å². The summed E-state index contributed by atoms with van der Waals surface area (Å²) in [7, 11) is 0. The van der Waals surface area contributed by atoms with Crippen LogP contribution in [0, 0.1) is 12.3 Å². The molecule has 0 bridgehead atoms. The average Bonchev–Trinajstić information content (AvgIpc) is 2.71. The number of hydrogen-bond acceptors (Lipinski definition) is 3. The minimum absolute atomic E-state index is 0.396. The molecule has 0 aliphatic rings. The Hall–Kier alpha value is -0.850. The van der Waals surface area contributed by atoms with Gasteiger partial charge in [0.05, 0.1) is 6.04 Å². The van der Waals surface area contributed by atoms with Crippen molar-refractivity contribution in [3.05, 3.63) is 16.6 Å². The van der Waals surface area contributed by atoms with Crippen molar-refractivity contribution in [3.8, 4) is 12.3 Å². The van der Waals surface area contributed by atoms with Gasteiger partial charge in [-0.15, -0.1) is 23.7 Å². The molecule has 14 heavy (non-hydrogen) atoms. The Labute approximate surface area is 89.8 Å². The van der Waals surface area contributed by atoms with Gasteiger partial charge in [0.2, 0.25) is 0 Å². The van der Waals surface area contributed by atoms with Gasteiger partial charge in [-0.2, -0.15) is 0 Å². The molecular formula is C11H16N2S. The lowest BCUT2D eigenvalue weighted by molar-refractivity contribution is 0.511. The summed E-state index contributed by atoms with van der Waals surface area (Å²) in [6.45, 7) is 3.14. The van der Waals surface area contributed by atoms with E-state index in [-0.39, 0.29) is 0 Å². The second-order valence-electron chi connectivity index (χ2n) is 3.09. The van der Waals surface area contributed by atoms with Gasteiger partial charge in [-0.1, -0.05) is 6.92 Å². The second-order valence-corrected chi connectivity index (χ2v) is 4.02. The molecule has 1 atom stereocenters. The first-order valence-corrected chi connectivity index (χ1v) is 5.82. The Morgan fingerprint density at radius 3 is 3.14 bits per heavy atom. The van der Waals surface area contributed by atoms with Crippen LogP contribution in [0.1, 0.15) is 37.2 Å². The first-order valence-electron chi connectivity index (χ1n) is 4.94. The van der Waals surface area contributed by atoms with Crippen molar-refractivity contribution in [3.63, 3.8) is 0 Å². The third-order valence-electron chi connectivity index (χ3n) is 2.05. The topological polar surface area (TPSA) is 24.9 Å². The van der Waals surface area contributed by atoms with Gasteiger partial charge in [-0.05, 0) is 19.4 Å². The maximum atomic E-state index is 5.18. The van der Waals surface area contributed by atoms with Gasteiger partial charge in [0.25, 0.3) is 0 Å². The van der Waals surface area contributed by atoms with Crippen LogP contribution in [0.5, 0.6) is 0 Å². The summed E-state index contributed by atoms with van der Waals surface area (Å²) in [5, 5.41) is 6.65. The van der Waals surface area contributed by atoms with Gasteiger partial charge in [0.1, 0.15) is 5.01 Å². The number of unbranched alkanes of at least 4 members (excludes halogenated alkanes) is 1. The number of nitrogens with one attached hydrogen (secondary N) is 1. The summed E-state index contributed by atoms with van der Waals surface area (Å²) < 4.78 is 0. The van der Waals surface area contributed by atoms with E-state index in [1.807, 2.05) is 11.6 Å². The van der Waals surface area contributed by atoms with Gasteiger partial charge in [0, 0.05) is 18.0 Å². The van der Waals surface area contributed by atoms with Crippen LogP contribution in [0.4, 0.5) is 0 Å². The molecule has 0 amide bonds. The summed E-state index contributed by atoms with van der Waals surface area (Å²) in [5.41, 5.74) is 0. The first kappa shape index (κ1) is 11.2. The van der Waals surface area contributed by atoms with E-state index in [2.05, 4.69) is 23.1 Å². The van der Waals surface area contributed by atoms with Gasteiger partial charge in [-0.25, -0.2) is 4.98 Å². The number of rotatable bonds is 6. The molecule has 1 rings (SSSR count). The van der Waals surface area contributed by atoms with Crippen molar-refractivity contribution in [2.24, 2.45) is 0 Å². The summed E-state index contributed by atoms with van der Waals surface area (Å²) in [6, 6.07) is 0.396. The second kappa shape index (κ2) is 6.58. The van der Waals surface area contributed by atoms with Crippen molar-refractivity contribution < 1.29 is 0 Å². The number of thiazole rings is 1. The highest BCUT2D eigenvalue weighted by Gasteiger charge is 2.09. The molecule has 1 N–H and O–H groups in total. The Bertz CT molecular complexity index is 274. The van der Waals surface area contributed by atoms with E-state index in [9.17, 15) is 0 Å². The Morgan fingerprint density at radius 1 is 1.71 bits per heavy atom. The fourth-order valence-electron chi connectivity index (χ4n) is 1.28. The molecule has 3 heteroatoms. The summed E-state index contributed by atoms with van der Waals surface area (Å²) in [5.74, 6) is 2.64. The lowest BCUT2D eigenvalue weighted by Gasteiger charge is -2.13. The highest BCUT2D eigenvalue weighted by atomic mass is 32.1. The third-order valence-corrected chi connectivity index (χ3v) is 2.94. The average molecular weight is 208 g/mol. The van der Waals surface area contributed by atoms with Crippen molar-refractivity contribution in [1.29, 1.82) is 0 Å². The number of terminal acetylenes is 1. The number of hydrogen-bond donors (Lipinski definition) is 1. The zero-order valence-electron chi connectivity index (χ0n) is 8.49. The first-order chi connectivity index (χ1) is 6.88. The van der Waals surface area contributed by atoms with Gasteiger partial charge >= 0.3 is 0 Å². The molecule has 0 aromatic carbocycles. The lowest BCUT2D eigenvalue weighted by Crippen LogP contribution is -2.21. The number of nitrogens with zero attached hydrogens (tertiary/aromatic N) is 1. The van der Waals surface area contributed by atoms with Crippen LogP contribution >= 0.6 is 11.3 Å². The maximum Gasteiger partial charge on any atom is 0.109 e. The molecule has 0 fully saturated rings. The monoisotopic (exact) mass is 208 g/mol. The highest BCUT2D eigenvalue weighted by molar-refractivity contribution is 7.09. The molecule has 0 aliphatic heterocycles. The molecule has 2 nitrogen and oxygen atoms in total. The normalized spacial score (nSPS) is 12.3. The van der Waals surface area contributed by atoms with Crippen LogP contribution < -0.4 is 5.32 Å². The zero-order valence-corrected chi connectivity index (χ0v) is 9.31. The molecule has 0 radical (unpaired) electrons. The van der Waals surface area contributed by atoms with Gasteiger partial charge in [0.15, 0.2) is 0 Å². The summed E-state index contributed by atoms with van der Waals surface area (Å²) in [6.07, 6.45) is 10.00. The Balaban J connectivity index is 2.30. The molecule has 1 aromatic heterocycles. The molecule has 0 saturated heterocycles. The smallest absolute Gasteiger partial charge is 0.109 e. The predicted molar refractivity (Wildman–Crippen MR) is 61.2 cm³/mol. The van der Waals surface area contributed by atoms with Crippen molar-refractivity contribution in [1.82, 2.24) is 10.3 Å². The van der Waals surface area contributed by atoms with Gasteiger partial charge < -0.3 is 5.32 Å². The van der Waals surface area contributed by atoms with E-state index in [0.29, 0.717) is 6.04 Å². The molecule has 1 heterocycles. The SMILES string of the molecule is C#CCCCNC(CC)c1nccs1. The molecule has 0 spiro atoms. The third kappa shape index (κ3) is 3.49. The summed E-state index contributed by atoms with van der Waals surface area (Å²) >= 11 is 1.71. The maximum absolute atomic E-state index is 5.18. The molecule has 1 unspecified atom stereocenters. The molecule has 0 saturated carbocycles. The molecule has 0 aliphatic carbocycles. The van der Waals surface area contributed by atoms with Crippen LogP contribution in [0.25, 0.3) is 0 Å². The quantitative estimate of drug-likeness (QED) is 0.574. The lowest BCUT2D eigenvalue weighted by atomic mass is 10.2. The van der Waals surface area contributed by atoms with E-state index in [1.54, 1.807) is 11.3 Å². The van der Waals surface area contributed by atoms with Crippen molar-refractivity contribution in [2.75, 3.05) is 6.54 Å². The standard InChI is InChI=1S/C11H16N2S/c1-3-5-6-7-12-10(4-2)11-13-8-9-14-11/h1,8-10,12H,4-7H2,2H3. The van der Waals surface area contributed by atoms with Crippen molar-refractivity contribution in [2.45, 2.75) is 32.2 Å². The van der Waals surface area contributed by atoms with E-state index in [4.69, 9.17) is 6.42 Å². The fourth-order valence-corrected chi connectivity index (χ4v) is 2.08. The highest BCUT2D eigenvalue weighted by Crippen LogP contribution is 2.18. The van der Waals surface area contributed by atoms with E-state index in [1.165, 1.54) is 5.01 Å². The van der Waals surface area contributed by atoms with E-state index < -0.39 is 0 Å². The Kier molecular flexibility index (Phi) is 5.28. The van der Waals surface area contributed by atoms with E-state index in [0.717, 1.165) is 25.8 Å².